The van der Waals surface area contributed by atoms with Crippen LogP contribution in [0.2, 0.25) is 0 Å². The summed E-state index contributed by atoms with van der Waals surface area (Å²) in [5, 5.41) is 1.19. The van der Waals surface area contributed by atoms with Crippen molar-refractivity contribution in [1.82, 2.24) is 4.57 Å². The first-order chi connectivity index (χ1) is 8.85. The molecule has 18 heavy (non-hydrogen) atoms. The Kier molecular flexibility index (Phi) is 4.61. The van der Waals surface area contributed by atoms with Crippen LogP contribution < -0.4 is 4.74 Å². The van der Waals surface area contributed by atoms with Crippen LogP contribution >= 0.6 is 0 Å². The molecule has 1 aromatic carbocycles. The summed E-state index contributed by atoms with van der Waals surface area (Å²) in [5.74, 6) is 0.886. The lowest BCUT2D eigenvalue weighted by Crippen LogP contribution is -2.08. The van der Waals surface area contributed by atoms with Crippen molar-refractivity contribution in [3.63, 3.8) is 0 Å². The number of hydrogen-bond acceptors (Lipinski definition) is 3. The molecule has 4 nitrogen and oxygen atoms in total. The molecule has 0 amide bonds. The van der Waals surface area contributed by atoms with Gasteiger partial charge in [0.1, 0.15) is 5.75 Å². The van der Waals surface area contributed by atoms with Gasteiger partial charge in [-0.2, -0.15) is 0 Å². The first kappa shape index (κ1) is 12.9. The van der Waals surface area contributed by atoms with E-state index < -0.39 is 0 Å². The number of fused-ring (bicyclic) bond motifs is 1. The quantitative estimate of drug-likeness (QED) is 0.706. The van der Waals surface area contributed by atoms with Crippen LogP contribution in [0.25, 0.3) is 10.9 Å². The largest absolute Gasteiger partial charge is 0.497 e. The van der Waals surface area contributed by atoms with Gasteiger partial charge in [0.2, 0.25) is 0 Å². The molecule has 98 valence electrons. The lowest BCUT2D eigenvalue weighted by atomic mass is 10.2. The molecule has 0 aliphatic rings. The molecular formula is C14H19NO3. The van der Waals surface area contributed by atoms with Crippen LogP contribution in [0.5, 0.6) is 5.75 Å². The van der Waals surface area contributed by atoms with Gasteiger partial charge in [0, 0.05) is 30.8 Å². The van der Waals surface area contributed by atoms with Crippen LogP contribution in [0.4, 0.5) is 0 Å². The maximum absolute atomic E-state index is 5.47. The van der Waals surface area contributed by atoms with Gasteiger partial charge in [-0.3, -0.25) is 0 Å². The first-order valence-corrected chi connectivity index (χ1v) is 6.04. The van der Waals surface area contributed by atoms with Crippen molar-refractivity contribution < 1.29 is 14.2 Å². The van der Waals surface area contributed by atoms with E-state index in [0.717, 1.165) is 12.3 Å². The normalized spacial score (nSPS) is 11.0. The smallest absolute Gasteiger partial charge is 0.119 e. The molecule has 0 aliphatic carbocycles. The number of methoxy groups -OCH3 is 2. The standard InChI is InChI=1S/C14H19NO3/c1-16-9-10-18-8-7-15-6-5-12-11-13(17-2)3-4-14(12)15/h3-6,11H,7-10H2,1-2H3. The van der Waals surface area contributed by atoms with E-state index in [1.165, 1.54) is 10.9 Å². The van der Waals surface area contributed by atoms with Crippen molar-refractivity contribution >= 4 is 10.9 Å². The van der Waals surface area contributed by atoms with Gasteiger partial charge in [0.15, 0.2) is 0 Å². The summed E-state index contributed by atoms with van der Waals surface area (Å²) in [5.41, 5.74) is 1.20. The monoisotopic (exact) mass is 249 g/mol. The molecule has 4 heteroatoms. The molecule has 1 aromatic heterocycles. The van der Waals surface area contributed by atoms with Gasteiger partial charge in [0.05, 0.1) is 26.9 Å². The van der Waals surface area contributed by atoms with Crippen molar-refractivity contribution in [2.75, 3.05) is 34.0 Å². The number of ether oxygens (including phenoxy) is 3. The molecule has 0 fully saturated rings. The highest BCUT2D eigenvalue weighted by atomic mass is 16.5. The fraction of sp³-hybridized carbons (Fsp3) is 0.429. The summed E-state index contributed by atoms with van der Waals surface area (Å²) in [6, 6.07) is 8.18. The Hall–Kier alpha value is -1.52. The second-order valence-corrected chi connectivity index (χ2v) is 4.04. The molecular weight excluding hydrogens is 230 g/mol. The molecule has 1 heterocycles. The number of hydrogen-bond donors (Lipinski definition) is 0. The zero-order chi connectivity index (χ0) is 12.8. The molecule has 0 radical (unpaired) electrons. The Balaban J connectivity index is 1.97. The Morgan fingerprint density at radius 1 is 1.06 bits per heavy atom. The van der Waals surface area contributed by atoms with Gasteiger partial charge in [-0.05, 0) is 24.3 Å². The molecule has 2 aromatic rings. The third-order valence-corrected chi connectivity index (χ3v) is 2.89. The molecule has 2 rings (SSSR count). The molecule has 0 N–H and O–H groups in total. The Morgan fingerprint density at radius 2 is 1.94 bits per heavy atom. The minimum atomic E-state index is 0.642. The predicted octanol–water partition coefficient (Wildman–Crippen LogP) is 2.31. The molecule has 0 bridgehead atoms. The van der Waals surface area contributed by atoms with Crippen LogP contribution in [0.15, 0.2) is 30.5 Å². The zero-order valence-electron chi connectivity index (χ0n) is 10.9. The van der Waals surface area contributed by atoms with E-state index in [9.17, 15) is 0 Å². The van der Waals surface area contributed by atoms with Gasteiger partial charge in [0.25, 0.3) is 0 Å². The van der Waals surface area contributed by atoms with Crippen LogP contribution in [0.3, 0.4) is 0 Å². The summed E-state index contributed by atoms with van der Waals surface area (Å²) in [6.07, 6.45) is 2.07. The van der Waals surface area contributed by atoms with E-state index >= 15 is 0 Å². The average Bonchev–Trinajstić information content (AvgIpc) is 2.81. The fourth-order valence-electron chi connectivity index (χ4n) is 1.91. The summed E-state index contributed by atoms with van der Waals surface area (Å²) in [7, 11) is 3.36. The van der Waals surface area contributed by atoms with E-state index in [0.29, 0.717) is 19.8 Å². The number of nitrogens with zero attached hydrogens (tertiary/aromatic N) is 1. The van der Waals surface area contributed by atoms with E-state index in [1.807, 2.05) is 12.1 Å². The second kappa shape index (κ2) is 6.42. The minimum absolute atomic E-state index is 0.642. The summed E-state index contributed by atoms with van der Waals surface area (Å²) < 4.78 is 17.8. The van der Waals surface area contributed by atoms with Gasteiger partial charge >= 0.3 is 0 Å². The highest BCUT2D eigenvalue weighted by Crippen LogP contribution is 2.21. The SMILES string of the molecule is COCCOCCn1ccc2cc(OC)ccc21. The molecule has 0 aliphatic heterocycles. The summed E-state index contributed by atoms with van der Waals surface area (Å²) in [4.78, 5) is 0. The van der Waals surface area contributed by atoms with Crippen molar-refractivity contribution in [2.24, 2.45) is 0 Å². The van der Waals surface area contributed by atoms with Crippen LogP contribution in [-0.2, 0) is 16.0 Å². The first-order valence-electron chi connectivity index (χ1n) is 6.04. The predicted molar refractivity (Wildman–Crippen MR) is 71.2 cm³/mol. The number of aromatic nitrogens is 1. The number of rotatable bonds is 7. The highest BCUT2D eigenvalue weighted by Gasteiger charge is 2.02. The Labute approximate surface area is 107 Å². The lowest BCUT2D eigenvalue weighted by molar-refractivity contribution is 0.0670. The van der Waals surface area contributed by atoms with E-state index in [4.69, 9.17) is 14.2 Å². The van der Waals surface area contributed by atoms with Crippen molar-refractivity contribution in [1.29, 1.82) is 0 Å². The number of benzene rings is 1. The Bertz CT molecular complexity index is 493. The minimum Gasteiger partial charge on any atom is -0.497 e. The fourth-order valence-corrected chi connectivity index (χ4v) is 1.91. The van der Waals surface area contributed by atoms with Crippen molar-refractivity contribution in [2.45, 2.75) is 6.54 Å². The molecule has 0 saturated heterocycles. The third kappa shape index (κ3) is 3.03. The van der Waals surface area contributed by atoms with Crippen molar-refractivity contribution in [3.8, 4) is 5.75 Å². The van der Waals surface area contributed by atoms with Gasteiger partial charge in [-0.15, -0.1) is 0 Å². The topological polar surface area (TPSA) is 32.6 Å². The van der Waals surface area contributed by atoms with Crippen LogP contribution in [-0.4, -0.2) is 38.6 Å². The molecule has 0 spiro atoms. The summed E-state index contributed by atoms with van der Waals surface area (Å²) >= 11 is 0. The van der Waals surface area contributed by atoms with Gasteiger partial charge in [-0.25, -0.2) is 0 Å². The zero-order valence-corrected chi connectivity index (χ0v) is 10.9. The molecule has 0 saturated carbocycles. The maximum atomic E-state index is 5.47. The van der Waals surface area contributed by atoms with Gasteiger partial charge in [-0.1, -0.05) is 0 Å². The van der Waals surface area contributed by atoms with E-state index in [-0.39, 0.29) is 0 Å². The third-order valence-electron chi connectivity index (χ3n) is 2.89. The van der Waals surface area contributed by atoms with Crippen LogP contribution in [0.1, 0.15) is 0 Å². The van der Waals surface area contributed by atoms with Crippen LogP contribution in [0, 0.1) is 0 Å². The maximum Gasteiger partial charge on any atom is 0.119 e. The molecule has 0 unspecified atom stereocenters. The summed E-state index contributed by atoms with van der Waals surface area (Å²) in [6.45, 7) is 2.83. The average molecular weight is 249 g/mol. The van der Waals surface area contributed by atoms with E-state index in [2.05, 4.69) is 22.9 Å². The Morgan fingerprint density at radius 3 is 2.72 bits per heavy atom. The second-order valence-electron chi connectivity index (χ2n) is 4.04. The van der Waals surface area contributed by atoms with Crippen molar-refractivity contribution in [3.05, 3.63) is 30.5 Å². The van der Waals surface area contributed by atoms with E-state index in [1.54, 1.807) is 14.2 Å². The van der Waals surface area contributed by atoms with Gasteiger partial charge < -0.3 is 18.8 Å². The lowest BCUT2D eigenvalue weighted by Gasteiger charge is -2.07. The highest BCUT2D eigenvalue weighted by molar-refractivity contribution is 5.81. The molecule has 0 atom stereocenters.